The van der Waals surface area contributed by atoms with Crippen LogP contribution in [0.2, 0.25) is 0 Å². The van der Waals surface area contributed by atoms with E-state index in [2.05, 4.69) is 6.58 Å². The van der Waals surface area contributed by atoms with Crippen LogP contribution in [-0.4, -0.2) is 46.2 Å². The van der Waals surface area contributed by atoms with Crippen molar-refractivity contribution in [2.75, 3.05) is 19.8 Å². The first kappa shape index (κ1) is 16.1. The van der Waals surface area contributed by atoms with Crippen LogP contribution >= 0.6 is 0 Å². The molecular weight excluding hydrogens is 248 g/mol. The second kappa shape index (κ2) is 7.03. The van der Waals surface area contributed by atoms with E-state index in [9.17, 15) is 4.79 Å². The van der Waals surface area contributed by atoms with Crippen molar-refractivity contribution in [3.63, 3.8) is 0 Å². The minimum absolute atomic E-state index is 0.394. The highest BCUT2D eigenvalue weighted by molar-refractivity contribution is 5.87. The van der Waals surface area contributed by atoms with E-state index < -0.39 is 36.8 Å². The minimum Gasteiger partial charge on any atom is -0.478 e. The molecule has 5 nitrogen and oxygen atoms in total. The fourth-order valence-corrected chi connectivity index (χ4v) is 2.84. The normalized spacial score (nSPS) is 24.8. The molecule has 0 spiro atoms. The van der Waals surface area contributed by atoms with Gasteiger partial charge in [0.15, 0.2) is 0 Å². The summed E-state index contributed by atoms with van der Waals surface area (Å²) < 4.78 is 0. The Balaban J connectivity index is 0.000000213. The summed E-state index contributed by atoms with van der Waals surface area (Å²) in [6.07, 6.45) is 7.82. The van der Waals surface area contributed by atoms with Gasteiger partial charge in [0.1, 0.15) is 0 Å². The van der Waals surface area contributed by atoms with E-state index in [1.54, 1.807) is 32.1 Å². The third kappa shape index (κ3) is 3.78. The minimum atomic E-state index is -1.52. The summed E-state index contributed by atoms with van der Waals surface area (Å²) in [7, 11) is 0. The highest BCUT2D eigenvalue weighted by Gasteiger charge is 2.35. The SMILES string of the molecule is C1CC2CCC1C2.C=C(C(=O)O)C(CO)(CO)CO. The molecule has 2 saturated carbocycles. The second-order valence-corrected chi connectivity index (χ2v) is 5.66. The van der Waals surface area contributed by atoms with Crippen molar-refractivity contribution in [2.45, 2.75) is 32.1 Å². The van der Waals surface area contributed by atoms with Gasteiger partial charge in [0.2, 0.25) is 0 Å². The maximum absolute atomic E-state index is 10.4. The van der Waals surface area contributed by atoms with Crippen LogP contribution in [0.15, 0.2) is 12.2 Å². The van der Waals surface area contributed by atoms with Crippen LogP contribution in [0.4, 0.5) is 0 Å². The van der Waals surface area contributed by atoms with Crippen molar-refractivity contribution in [1.29, 1.82) is 0 Å². The zero-order valence-electron chi connectivity index (χ0n) is 11.2. The number of carboxylic acids is 1. The predicted molar refractivity (Wildman–Crippen MR) is 70.5 cm³/mol. The number of aliphatic carboxylic acids is 1. The van der Waals surface area contributed by atoms with Gasteiger partial charge in [0.05, 0.1) is 25.2 Å². The number of aliphatic hydroxyl groups excluding tert-OH is 3. The lowest BCUT2D eigenvalue weighted by Crippen LogP contribution is -2.38. The lowest BCUT2D eigenvalue weighted by atomic mass is 9.83. The summed E-state index contributed by atoms with van der Waals surface area (Å²) in [5.41, 5.74) is -1.92. The van der Waals surface area contributed by atoms with Crippen LogP contribution in [0.1, 0.15) is 32.1 Å². The van der Waals surface area contributed by atoms with Crippen LogP contribution in [-0.2, 0) is 4.79 Å². The largest absolute Gasteiger partial charge is 0.478 e. The van der Waals surface area contributed by atoms with E-state index >= 15 is 0 Å². The summed E-state index contributed by atoms with van der Waals surface area (Å²) in [4.78, 5) is 10.4. The lowest BCUT2D eigenvalue weighted by molar-refractivity contribution is -0.135. The molecule has 0 aromatic carbocycles. The molecule has 4 N–H and O–H groups in total. The first-order valence-electron chi connectivity index (χ1n) is 6.74. The van der Waals surface area contributed by atoms with E-state index in [1.807, 2.05) is 0 Å². The Hall–Kier alpha value is -0.910. The van der Waals surface area contributed by atoms with Gasteiger partial charge in [-0.1, -0.05) is 32.3 Å². The summed E-state index contributed by atoms with van der Waals surface area (Å²) in [5.74, 6) is 1.00. The molecule has 0 atom stereocenters. The Bertz CT molecular complexity index is 296. The van der Waals surface area contributed by atoms with Crippen molar-refractivity contribution in [1.82, 2.24) is 0 Å². The Labute approximate surface area is 113 Å². The molecule has 0 aliphatic heterocycles. The highest BCUT2D eigenvalue weighted by Crippen LogP contribution is 2.43. The monoisotopic (exact) mass is 272 g/mol. The Morgan fingerprint density at radius 3 is 1.47 bits per heavy atom. The standard InChI is InChI=1S/C7H12O5.C7H12/c1-5(6(11)12)7(2-8,3-9)4-10;1-2-7-4-3-6(1)5-7/h8-10H,1-4H2,(H,11,12);6-7H,1-5H2. The molecule has 0 saturated heterocycles. The van der Waals surface area contributed by atoms with Gasteiger partial charge in [0, 0.05) is 5.57 Å². The third-order valence-corrected chi connectivity index (χ3v) is 4.44. The molecule has 0 unspecified atom stereocenters. The maximum atomic E-state index is 10.4. The van der Waals surface area contributed by atoms with Crippen LogP contribution in [0.3, 0.4) is 0 Å². The average molecular weight is 272 g/mol. The average Bonchev–Trinajstić information content (AvgIpc) is 3.06. The zero-order valence-corrected chi connectivity index (χ0v) is 11.2. The number of fused-ring (bicyclic) bond motifs is 2. The van der Waals surface area contributed by atoms with Crippen LogP contribution < -0.4 is 0 Å². The van der Waals surface area contributed by atoms with Gasteiger partial charge in [-0.25, -0.2) is 4.79 Å². The number of hydrogen-bond donors (Lipinski definition) is 4. The van der Waals surface area contributed by atoms with E-state index in [1.165, 1.54) is 11.8 Å². The van der Waals surface area contributed by atoms with Crippen LogP contribution in [0.25, 0.3) is 0 Å². The van der Waals surface area contributed by atoms with Crippen molar-refractivity contribution >= 4 is 5.97 Å². The van der Waals surface area contributed by atoms with Crippen molar-refractivity contribution in [2.24, 2.45) is 17.3 Å². The number of aliphatic hydroxyl groups is 3. The maximum Gasteiger partial charge on any atom is 0.331 e. The van der Waals surface area contributed by atoms with E-state index in [0.717, 1.165) is 0 Å². The van der Waals surface area contributed by atoms with Crippen LogP contribution in [0.5, 0.6) is 0 Å². The van der Waals surface area contributed by atoms with Gasteiger partial charge in [-0.05, 0) is 18.3 Å². The smallest absolute Gasteiger partial charge is 0.331 e. The molecule has 0 amide bonds. The van der Waals surface area contributed by atoms with Gasteiger partial charge in [-0.15, -0.1) is 0 Å². The first-order valence-corrected chi connectivity index (χ1v) is 6.74. The number of rotatable bonds is 5. The molecule has 0 aromatic rings. The number of hydrogen-bond acceptors (Lipinski definition) is 4. The first-order chi connectivity index (χ1) is 8.99. The molecule has 0 aromatic heterocycles. The van der Waals surface area contributed by atoms with Gasteiger partial charge in [-0.3, -0.25) is 0 Å². The Kier molecular flexibility index (Phi) is 5.97. The highest BCUT2D eigenvalue weighted by atomic mass is 16.4. The molecule has 0 radical (unpaired) electrons. The van der Waals surface area contributed by atoms with Crippen molar-refractivity contribution in [3.8, 4) is 0 Å². The van der Waals surface area contributed by atoms with Crippen molar-refractivity contribution in [3.05, 3.63) is 12.2 Å². The summed E-state index contributed by atoms with van der Waals surface area (Å²) in [5, 5.41) is 34.7. The fourth-order valence-electron chi connectivity index (χ4n) is 2.84. The molecule has 5 heteroatoms. The summed E-state index contributed by atoms with van der Waals surface area (Å²) >= 11 is 0. The van der Waals surface area contributed by atoms with Gasteiger partial charge >= 0.3 is 5.97 Å². The van der Waals surface area contributed by atoms with E-state index in [4.69, 9.17) is 20.4 Å². The van der Waals surface area contributed by atoms with Gasteiger partial charge in [0.25, 0.3) is 0 Å². The molecule has 2 aliphatic carbocycles. The zero-order chi connectivity index (χ0) is 14.5. The molecule has 0 heterocycles. The molecule has 19 heavy (non-hydrogen) atoms. The molecule has 2 rings (SSSR count). The van der Waals surface area contributed by atoms with E-state index in [-0.39, 0.29) is 0 Å². The molecule has 110 valence electrons. The van der Waals surface area contributed by atoms with Crippen molar-refractivity contribution < 1.29 is 25.2 Å². The predicted octanol–water partition coefficient (Wildman–Crippen LogP) is 0.787. The Morgan fingerprint density at radius 1 is 1.00 bits per heavy atom. The second-order valence-electron chi connectivity index (χ2n) is 5.66. The lowest BCUT2D eigenvalue weighted by Gasteiger charge is -2.26. The molecule has 2 bridgehead atoms. The van der Waals surface area contributed by atoms with Crippen LogP contribution in [0, 0.1) is 17.3 Å². The summed E-state index contributed by atoms with van der Waals surface area (Å²) in [6, 6.07) is 0. The fraction of sp³-hybridized carbons (Fsp3) is 0.786. The third-order valence-electron chi connectivity index (χ3n) is 4.44. The van der Waals surface area contributed by atoms with Gasteiger partial charge in [-0.2, -0.15) is 0 Å². The summed E-state index contributed by atoms with van der Waals surface area (Å²) in [6.45, 7) is 1.22. The van der Waals surface area contributed by atoms with E-state index in [0.29, 0.717) is 0 Å². The molecule has 2 aliphatic rings. The quantitative estimate of drug-likeness (QED) is 0.555. The topological polar surface area (TPSA) is 98.0 Å². The van der Waals surface area contributed by atoms with Gasteiger partial charge < -0.3 is 20.4 Å². The molecular formula is C14H24O5. The number of carbonyl (C=O) groups is 1. The molecule has 2 fully saturated rings. The Morgan fingerprint density at radius 2 is 1.37 bits per heavy atom. The number of carboxylic acid groups (broad SMARTS) is 1.